The summed E-state index contributed by atoms with van der Waals surface area (Å²) in [5.74, 6) is -1.48. The quantitative estimate of drug-likeness (QED) is 0.644. The number of phenolic OH excluding ortho intramolecular Hbond substituents is 2. The van der Waals surface area contributed by atoms with E-state index in [1.165, 1.54) is 30.3 Å². The molecule has 0 aliphatic rings. The van der Waals surface area contributed by atoms with Gasteiger partial charge in [0.25, 0.3) is 5.91 Å². The lowest BCUT2D eigenvalue weighted by molar-refractivity contribution is 0.102. The van der Waals surface area contributed by atoms with Crippen LogP contribution in [-0.4, -0.2) is 16.1 Å². The molecule has 6 heteroatoms. The molecule has 0 unspecified atom stereocenters. The summed E-state index contributed by atoms with van der Waals surface area (Å²) in [5, 5.41) is 21.4. The molecule has 2 aromatic rings. The number of amides is 1. The molecular formula is C14H13FN2O3. The van der Waals surface area contributed by atoms with Crippen LogP contribution in [0.2, 0.25) is 0 Å². The number of hydrogen-bond donors (Lipinski definition) is 4. The molecule has 0 saturated heterocycles. The Bertz CT molecular complexity index is 659. The van der Waals surface area contributed by atoms with E-state index in [1.54, 1.807) is 0 Å². The van der Waals surface area contributed by atoms with Crippen molar-refractivity contribution in [1.29, 1.82) is 0 Å². The average molecular weight is 276 g/mol. The van der Waals surface area contributed by atoms with Gasteiger partial charge in [-0.3, -0.25) is 4.79 Å². The number of halogens is 1. The highest BCUT2D eigenvalue weighted by Crippen LogP contribution is 2.23. The smallest absolute Gasteiger partial charge is 0.259 e. The lowest BCUT2D eigenvalue weighted by Gasteiger charge is -2.09. The largest absolute Gasteiger partial charge is 0.508 e. The molecule has 2 aromatic carbocycles. The van der Waals surface area contributed by atoms with Crippen molar-refractivity contribution in [2.45, 2.75) is 6.54 Å². The number of carbonyl (C=O) groups excluding carboxylic acids is 1. The summed E-state index contributed by atoms with van der Waals surface area (Å²) in [6.07, 6.45) is 0. The Labute approximate surface area is 114 Å². The Hall–Kier alpha value is -2.60. The van der Waals surface area contributed by atoms with Crippen molar-refractivity contribution in [3.8, 4) is 11.5 Å². The maximum atomic E-state index is 13.3. The van der Waals surface area contributed by atoms with Crippen molar-refractivity contribution in [3.63, 3.8) is 0 Å². The number of phenols is 2. The zero-order chi connectivity index (χ0) is 14.7. The van der Waals surface area contributed by atoms with Crippen LogP contribution >= 0.6 is 0 Å². The summed E-state index contributed by atoms with van der Waals surface area (Å²) in [5.41, 5.74) is 5.91. The summed E-state index contributed by atoms with van der Waals surface area (Å²) in [6.45, 7) is 0.00686. The predicted octanol–water partition coefficient (Wildman–Crippen LogP) is 1.95. The number of benzene rings is 2. The van der Waals surface area contributed by atoms with Crippen LogP contribution in [0.4, 0.5) is 10.1 Å². The molecule has 2 rings (SSSR count). The third-order valence-electron chi connectivity index (χ3n) is 2.75. The molecule has 5 N–H and O–H groups in total. The summed E-state index contributed by atoms with van der Waals surface area (Å²) in [6, 6.07) is 7.59. The molecule has 0 bridgehead atoms. The van der Waals surface area contributed by atoms with Crippen LogP contribution in [0.15, 0.2) is 36.4 Å². The molecule has 1 amide bonds. The number of anilines is 1. The van der Waals surface area contributed by atoms with Gasteiger partial charge in [-0.15, -0.1) is 0 Å². The fourth-order valence-corrected chi connectivity index (χ4v) is 1.71. The van der Waals surface area contributed by atoms with E-state index in [-0.39, 0.29) is 29.2 Å². The van der Waals surface area contributed by atoms with Gasteiger partial charge in [0, 0.05) is 17.8 Å². The van der Waals surface area contributed by atoms with Crippen molar-refractivity contribution in [2.24, 2.45) is 5.73 Å². The SMILES string of the molecule is NCc1cc(NC(=O)c2cc(O)ccc2O)ccc1F. The lowest BCUT2D eigenvalue weighted by Crippen LogP contribution is -2.13. The minimum Gasteiger partial charge on any atom is -0.508 e. The van der Waals surface area contributed by atoms with Gasteiger partial charge in [-0.05, 0) is 36.4 Å². The van der Waals surface area contributed by atoms with Gasteiger partial charge >= 0.3 is 0 Å². The Balaban J connectivity index is 2.25. The first-order chi connectivity index (χ1) is 9.51. The van der Waals surface area contributed by atoms with E-state index < -0.39 is 11.7 Å². The van der Waals surface area contributed by atoms with E-state index in [9.17, 15) is 19.4 Å². The topological polar surface area (TPSA) is 95.6 Å². The fourth-order valence-electron chi connectivity index (χ4n) is 1.71. The van der Waals surface area contributed by atoms with E-state index in [0.29, 0.717) is 5.69 Å². The van der Waals surface area contributed by atoms with Crippen LogP contribution in [0.1, 0.15) is 15.9 Å². The molecule has 0 aromatic heterocycles. The molecule has 0 aliphatic heterocycles. The lowest BCUT2D eigenvalue weighted by atomic mass is 10.1. The summed E-state index contributed by atoms with van der Waals surface area (Å²) < 4.78 is 13.3. The highest BCUT2D eigenvalue weighted by Gasteiger charge is 2.13. The zero-order valence-electron chi connectivity index (χ0n) is 10.4. The average Bonchev–Trinajstić information content (AvgIpc) is 2.43. The standard InChI is InChI=1S/C14H13FN2O3/c15-12-3-1-9(5-8(12)7-16)17-14(20)11-6-10(18)2-4-13(11)19/h1-6,18-19H,7,16H2,(H,17,20). The third kappa shape index (κ3) is 2.86. The molecule has 20 heavy (non-hydrogen) atoms. The van der Waals surface area contributed by atoms with E-state index in [0.717, 1.165) is 6.07 Å². The van der Waals surface area contributed by atoms with Gasteiger partial charge in [-0.2, -0.15) is 0 Å². The van der Waals surface area contributed by atoms with E-state index in [1.807, 2.05) is 0 Å². The van der Waals surface area contributed by atoms with Gasteiger partial charge in [0.2, 0.25) is 0 Å². The molecule has 0 saturated carbocycles. The van der Waals surface area contributed by atoms with Gasteiger partial charge in [0.05, 0.1) is 5.56 Å². The van der Waals surface area contributed by atoms with Gasteiger partial charge < -0.3 is 21.3 Å². The maximum absolute atomic E-state index is 13.3. The van der Waals surface area contributed by atoms with Crippen LogP contribution in [0.3, 0.4) is 0 Å². The normalized spacial score (nSPS) is 10.3. The number of rotatable bonds is 3. The van der Waals surface area contributed by atoms with Gasteiger partial charge in [-0.25, -0.2) is 4.39 Å². The summed E-state index contributed by atoms with van der Waals surface area (Å²) in [4.78, 5) is 12.0. The summed E-state index contributed by atoms with van der Waals surface area (Å²) >= 11 is 0. The summed E-state index contributed by atoms with van der Waals surface area (Å²) in [7, 11) is 0. The number of hydrogen-bond acceptors (Lipinski definition) is 4. The Morgan fingerprint density at radius 1 is 1.20 bits per heavy atom. The molecule has 0 fully saturated rings. The monoisotopic (exact) mass is 276 g/mol. The van der Waals surface area contributed by atoms with Crippen LogP contribution in [-0.2, 0) is 6.54 Å². The molecule has 0 atom stereocenters. The number of nitrogens with two attached hydrogens (primary N) is 1. The Kier molecular flexibility index (Phi) is 3.86. The van der Waals surface area contributed by atoms with Crippen molar-refractivity contribution in [1.82, 2.24) is 0 Å². The van der Waals surface area contributed by atoms with Crippen LogP contribution in [0.5, 0.6) is 11.5 Å². The highest BCUT2D eigenvalue weighted by atomic mass is 19.1. The van der Waals surface area contributed by atoms with Gasteiger partial charge in [0.15, 0.2) is 0 Å². The molecular weight excluding hydrogens is 263 g/mol. The van der Waals surface area contributed by atoms with Crippen molar-refractivity contribution in [3.05, 3.63) is 53.3 Å². The minimum atomic E-state index is -0.618. The molecule has 0 spiro atoms. The molecule has 0 heterocycles. The first-order valence-corrected chi connectivity index (χ1v) is 5.83. The van der Waals surface area contributed by atoms with Gasteiger partial charge in [-0.1, -0.05) is 0 Å². The van der Waals surface area contributed by atoms with Crippen molar-refractivity contribution >= 4 is 11.6 Å². The zero-order valence-corrected chi connectivity index (χ0v) is 10.4. The second-order valence-corrected chi connectivity index (χ2v) is 4.17. The van der Waals surface area contributed by atoms with Crippen molar-refractivity contribution < 1.29 is 19.4 Å². The first kappa shape index (κ1) is 13.8. The van der Waals surface area contributed by atoms with E-state index >= 15 is 0 Å². The molecule has 0 aliphatic carbocycles. The highest BCUT2D eigenvalue weighted by molar-refractivity contribution is 6.06. The fraction of sp³-hybridized carbons (Fsp3) is 0.0714. The molecule has 104 valence electrons. The molecule has 0 radical (unpaired) electrons. The first-order valence-electron chi connectivity index (χ1n) is 5.83. The predicted molar refractivity (Wildman–Crippen MR) is 72.0 cm³/mol. The van der Waals surface area contributed by atoms with Crippen molar-refractivity contribution in [2.75, 3.05) is 5.32 Å². The minimum absolute atomic E-state index is 0.00686. The maximum Gasteiger partial charge on any atom is 0.259 e. The number of nitrogens with one attached hydrogen (secondary N) is 1. The number of aromatic hydroxyl groups is 2. The number of carbonyl (C=O) groups is 1. The second kappa shape index (κ2) is 5.58. The Morgan fingerprint density at radius 2 is 1.95 bits per heavy atom. The van der Waals surface area contributed by atoms with Crippen LogP contribution < -0.4 is 11.1 Å². The second-order valence-electron chi connectivity index (χ2n) is 4.17. The van der Waals surface area contributed by atoms with E-state index in [2.05, 4.69) is 5.32 Å². The van der Waals surface area contributed by atoms with Crippen LogP contribution in [0, 0.1) is 5.82 Å². The third-order valence-corrected chi connectivity index (χ3v) is 2.75. The molecule has 5 nitrogen and oxygen atoms in total. The van der Waals surface area contributed by atoms with Crippen LogP contribution in [0.25, 0.3) is 0 Å². The Morgan fingerprint density at radius 3 is 2.65 bits per heavy atom. The van der Waals surface area contributed by atoms with E-state index in [4.69, 9.17) is 5.73 Å². The van der Waals surface area contributed by atoms with Gasteiger partial charge in [0.1, 0.15) is 17.3 Å².